The van der Waals surface area contributed by atoms with E-state index in [2.05, 4.69) is 10.6 Å². The predicted octanol–water partition coefficient (Wildman–Crippen LogP) is 2.09. The van der Waals surface area contributed by atoms with Crippen molar-refractivity contribution in [2.24, 2.45) is 5.73 Å². The third-order valence-corrected chi connectivity index (χ3v) is 3.05. The molecule has 1 aromatic rings. The van der Waals surface area contributed by atoms with Crippen molar-refractivity contribution in [1.82, 2.24) is 5.32 Å². The van der Waals surface area contributed by atoms with Gasteiger partial charge in [0.05, 0.1) is 12.8 Å². The average molecular weight is 366 g/mol. The molecular formula is C17H26N4O5. The largest absolute Gasteiger partial charge is 0.494 e. The lowest BCUT2D eigenvalue weighted by Crippen LogP contribution is -2.32. The SMILES string of the molecule is COc1cc(C(N)=O)cc(NO)c1NC/C=C/CNC(=O)OC(C)(C)C. The minimum absolute atomic E-state index is 0.195. The average Bonchev–Trinajstić information content (AvgIpc) is 2.55. The van der Waals surface area contributed by atoms with Crippen molar-refractivity contribution in [1.29, 1.82) is 0 Å². The van der Waals surface area contributed by atoms with Crippen LogP contribution in [0, 0.1) is 0 Å². The van der Waals surface area contributed by atoms with E-state index in [-0.39, 0.29) is 11.3 Å². The van der Waals surface area contributed by atoms with Crippen LogP contribution < -0.4 is 26.6 Å². The first-order chi connectivity index (χ1) is 12.2. The lowest BCUT2D eigenvalue weighted by Gasteiger charge is -2.19. The Hall–Kier alpha value is -2.94. The van der Waals surface area contributed by atoms with Crippen molar-refractivity contribution in [2.75, 3.05) is 31.0 Å². The Bertz CT molecular complexity index is 643. The number of primary amides is 1. The van der Waals surface area contributed by atoms with E-state index in [0.29, 0.717) is 24.5 Å². The second-order valence-electron chi connectivity index (χ2n) is 6.31. The molecule has 0 aliphatic rings. The summed E-state index contributed by atoms with van der Waals surface area (Å²) in [6.07, 6.45) is 3.03. The molecule has 1 rings (SSSR count). The number of carbonyl (C=O) groups is 2. The minimum atomic E-state index is -0.639. The van der Waals surface area contributed by atoms with Gasteiger partial charge in [0.1, 0.15) is 17.0 Å². The molecule has 9 heteroatoms. The summed E-state index contributed by atoms with van der Waals surface area (Å²) in [4.78, 5) is 22.8. The molecule has 0 atom stereocenters. The third-order valence-electron chi connectivity index (χ3n) is 3.05. The van der Waals surface area contributed by atoms with E-state index in [1.165, 1.54) is 19.2 Å². The lowest BCUT2D eigenvalue weighted by molar-refractivity contribution is 0.0534. The number of nitrogens with one attached hydrogen (secondary N) is 3. The molecule has 1 aromatic carbocycles. The second-order valence-corrected chi connectivity index (χ2v) is 6.31. The second kappa shape index (κ2) is 9.52. The molecule has 0 aliphatic carbocycles. The number of rotatable bonds is 8. The summed E-state index contributed by atoms with van der Waals surface area (Å²) >= 11 is 0. The molecule has 0 bridgehead atoms. The van der Waals surface area contributed by atoms with Crippen LogP contribution in [0.1, 0.15) is 31.1 Å². The van der Waals surface area contributed by atoms with Gasteiger partial charge in [0.15, 0.2) is 0 Å². The summed E-state index contributed by atoms with van der Waals surface area (Å²) in [5.41, 5.74) is 7.62. The third kappa shape index (κ3) is 6.89. The number of hydrogen-bond donors (Lipinski definition) is 5. The van der Waals surface area contributed by atoms with Gasteiger partial charge in [-0.2, -0.15) is 0 Å². The molecule has 0 unspecified atom stereocenters. The Morgan fingerprint density at radius 1 is 1.23 bits per heavy atom. The Balaban J connectivity index is 2.62. The molecule has 0 spiro atoms. The van der Waals surface area contributed by atoms with E-state index in [1.54, 1.807) is 32.9 Å². The number of carbonyl (C=O) groups excluding carboxylic acids is 2. The number of nitrogens with two attached hydrogens (primary N) is 1. The summed E-state index contributed by atoms with van der Waals surface area (Å²) in [5.74, 6) is -0.294. The summed E-state index contributed by atoms with van der Waals surface area (Å²) in [6, 6.07) is 2.88. The van der Waals surface area contributed by atoms with Crippen LogP contribution in [0.2, 0.25) is 0 Å². The maximum Gasteiger partial charge on any atom is 0.407 e. The molecule has 6 N–H and O–H groups in total. The molecule has 26 heavy (non-hydrogen) atoms. The Morgan fingerprint density at radius 3 is 2.42 bits per heavy atom. The van der Waals surface area contributed by atoms with Crippen LogP contribution in [0.15, 0.2) is 24.3 Å². The van der Waals surface area contributed by atoms with E-state index >= 15 is 0 Å². The van der Waals surface area contributed by atoms with Gasteiger partial charge in [0.25, 0.3) is 0 Å². The number of methoxy groups -OCH3 is 1. The van der Waals surface area contributed by atoms with E-state index in [9.17, 15) is 14.8 Å². The summed E-state index contributed by atoms with van der Waals surface area (Å²) in [5, 5.41) is 14.9. The fraction of sp³-hybridized carbons (Fsp3) is 0.412. The van der Waals surface area contributed by atoms with Crippen LogP contribution in [-0.4, -0.2) is 43.0 Å². The normalized spacial score (nSPS) is 11.1. The number of benzene rings is 1. The first-order valence-corrected chi connectivity index (χ1v) is 7.95. The quantitative estimate of drug-likeness (QED) is 0.351. The predicted molar refractivity (Wildman–Crippen MR) is 98.8 cm³/mol. The molecule has 0 fully saturated rings. The van der Waals surface area contributed by atoms with Gasteiger partial charge in [0.2, 0.25) is 5.91 Å². The van der Waals surface area contributed by atoms with Crippen LogP contribution >= 0.6 is 0 Å². The molecule has 0 aromatic heterocycles. The van der Waals surface area contributed by atoms with Crippen molar-refractivity contribution in [2.45, 2.75) is 26.4 Å². The van der Waals surface area contributed by atoms with Crippen molar-refractivity contribution in [3.8, 4) is 5.75 Å². The molecule has 0 radical (unpaired) electrons. The fourth-order valence-corrected chi connectivity index (χ4v) is 1.97. The highest BCUT2D eigenvalue weighted by molar-refractivity contribution is 5.96. The summed E-state index contributed by atoms with van der Waals surface area (Å²) < 4.78 is 10.3. The molecule has 9 nitrogen and oxygen atoms in total. The first-order valence-electron chi connectivity index (χ1n) is 7.95. The highest BCUT2D eigenvalue weighted by Crippen LogP contribution is 2.33. The van der Waals surface area contributed by atoms with Gasteiger partial charge < -0.3 is 25.8 Å². The van der Waals surface area contributed by atoms with Crippen molar-refractivity contribution in [3.05, 3.63) is 29.8 Å². The van der Waals surface area contributed by atoms with E-state index in [4.69, 9.17) is 15.2 Å². The molecule has 0 aliphatic heterocycles. The van der Waals surface area contributed by atoms with Crippen LogP contribution in [0.25, 0.3) is 0 Å². The number of anilines is 2. The van der Waals surface area contributed by atoms with Crippen molar-refractivity contribution < 1.29 is 24.3 Å². The van der Waals surface area contributed by atoms with Gasteiger partial charge in [-0.25, -0.2) is 4.79 Å². The summed E-state index contributed by atoms with van der Waals surface area (Å²) in [7, 11) is 1.44. The maximum absolute atomic E-state index is 11.5. The first kappa shape index (κ1) is 21.1. The van der Waals surface area contributed by atoms with Crippen LogP contribution in [-0.2, 0) is 4.74 Å². The van der Waals surface area contributed by atoms with E-state index < -0.39 is 17.6 Å². The van der Waals surface area contributed by atoms with Crippen molar-refractivity contribution in [3.63, 3.8) is 0 Å². The number of ether oxygens (including phenoxy) is 2. The Morgan fingerprint density at radius 2 is 1.88 bits per heavy atom. The molecule has 0 heterocycles. The molecule has 144 valence electrons. The highest BCUT2D eigenvalue weighted by Gasteiger charge is 2.15. The molecule has 0 saturated carbocycles. The monoisotopic (exact) mass is 366 g/mol. The fourth-order valence-electron chi connectivity index (χ4n) is 1.97. The molecule has 0 saturated heterocycles. The van der Waals surface area contributed by atoms with Gasteiger partial charge in [0, 0.05) is 18.7 Å². The number of hydrogen-bond acceptors (Lipinski definition) is 7. The zero-order chi connectivity index (χ0) is 19.7. The van der Waals surface area contributed by atoms with Crippen LogP contribution in [0.5, 0.6) is 5.75 Å². The van der Waals surface area contributed by atoms with Gasteiger partial charge in [-0.1, -0.05) is 12.2 Å². The Kier molecular flexibility index (Phi) is 7.73. The van der Waals surface area contributed by atoms with Gasteiger partial charge in [-0.05, 0) is 32.9 Å². The van der Waals surface area contributed by atoms with Crippen LogP contribution in [0.4, 0.5) is 16.2 Å². The van der Waals surface area contributed by atoms with Crippen molar-refractivity contribution >= 4 is 23.4 Å². The Labute approximate surface area is 152 Å². The minimum Gasteiger partial charge on any atom is -0.494 e. The van der Waals surface area contributed by atoms with Crippen LogP contribution in [0.3, 0.4) is 0 Å². The summed E-state index contributed by atoms with van der Waals surface area (Å²) in [6.45, 7) is 6.05. The molecule has 2 amide bonds. The standard InChI is InChI=1S/C17H26N4O5/c1-17(2,3)26-16(23)20-8-6-5-7-19-14-12(21-24)9-11(15(18)22)10-13(14)25-4/h5-6,9-10,19,21,24H,7-8H2,1-4H3,(H2,18,22)(H,20,23)/b6-5+. The smallest absolute Gasteiger partial charge is 0.407 e. The topological polar surface area (TPSA) is 135 Å². The highest BCUT2D eigenvalue weighted by atomic mass is 16.6. The maximum atomic E-state index is 11.5. The van der Waals surface area contributed by atoms with E-state index in [1.807, 2.05) is 5.48 Å². The lowest BCUT2D eigenvalue weighted by atomic mass is 10.1. The molecular weight excluding hydrogens is 340 g/mol. The zero-order valence-corrected chi connectivity index (χ0v) is 15.4. The van der Waals surface area contributed by atoms with Gasteiger partial charge in [-0.15, -0.1) is 0 Å². The number of alkyl carbamates (subject to hydrolysis) is 1. The zero-order valence-electron chi connectivity index (χ0n) is 15.4. The van der Waals surface area contributed by atoms with Gasteiger partial charge in [-0.3, -0.25) is 15.5 Å². The van der Waals surface area contributed by atoms with E-state index in [0.717, 1.165) is 0 Å². The number of amides is 2. The van der Waals surface area contributed by atoms with Gasteiger partial charge >= 0.3 is 6.09 Å².